The molecule has 0 fully saturated rings. The first-order valence-corrected chi connectivity index (χ1v) is 8.07. The van der Waals surface area contributed by atoms with Crippen LogP contribution in [0.25, 0.3) is 11.1 Å². The summed E-state index contributed by atoms with van der Waals surface area (Å²) in [5.41, 5.74) is 3.09. The van der Waals surface area contributed by atoms with E-state index >= 15 is 0 Å². The number of rotatable bonds is 3. The first-order valence-electron chi connectivity index (χ1n) is 7.70. The van der Waals surface area contributed by atoms with Crippen LogP contribution in [0.2, 0.25) is 5.15 Å². The highest BCUT2D eigenvalue weighted by Gasteiger charge is 2.24. The summed E-state index contributed by atoms with van der Waals surface area (Å²) in [6.45, 7) is 10.2. The van der Waals surface area contributed by atoms with E-state index in [9.17, 15) is 4.39 Å². The van der Waals surface area contributed by atoms with E-state index in [1.54, 1.807) is 13.2 Å². The predicted octanol–water partition coefficient (Wildman–Crippen LogP) is 5.97. The largest absolute Gasteiger partial charge is 0.496 e. The van der Waals surface area contributed by atoms with Crippen molar-refractivity contribution >= 4 is 11.6 Å². The molecule has 0 radical (unpaired) electrons. The van der Waals surface area contributed by atoms with E-state index in [1.807, 2.05) is 26.0 Å². The van der Waals surface area contributed by atoms with Gasteiger partial charge in [-0.05, 0) is 29.7 Å². The minimum atomic E-state index is -0.250. The summed E-state index contributed by atoms with van der Waals surface area (Å²) in [5, 5.41) is 0.448. The Hall–Kier alpha value is -1.61. The molecule has 1 aromatic heterocycles. The fraction of sp³-hybridized carbons (Fsp3) is 0.421. The van der Waals surface area contributed by atoms with Gasteiger partial charge in [0.1, 0.15) is 16.7 Å². The van der Waals surface area contributed by atoms with Gasteiger partial charge < -0.3 is 4.74 Å². The molecule has 0 bridgehead atoms. The van der Waals surface area contributed by atoms with Gasteiger partial charge in [0, 0.05) is 22.6 Å². The van der Waals surface area contributed by atoms with Crippen LogP contribution in [-0.2, 0) is 5.41 Å². The fourth-order valence-corrected chi connectivity index (χ4v) is 2.77. The lowest BCUT2D eigenvalue weighted by molar-refractivity contribution is 0.412. The van der Waals surface area contributed by atoms with Crippen LogP contribution in [0.3, 0.4) is 0 Å². The van der Waals surface area contributed by atoms with Crippen LogP contribution in [-0.4, -0.2) is 12.1 Å². The summed E-state index contributed by atoms with van der Waals surface area (Å²) in [5.74, 6) is 0.333. The van der Waals surface area contributed by atoms with Gasteiger partial charge in [-0.25, -0.2) is 9.37 Å². The first-order chi connectivity index (χ1) is 10.6. The number of nitrogens with zero attached hydrogens (tertiary/aromatic N) is 1. The van der Waals surface area contributed by atoms with Crippen molar-refractivity contribution in [3.8, 4) is 16.9 Å². The fourth-order valence-electron chi connectivity index (χ4n) is 2.62. The Balaban J connectivity index is 2.78. The molecule has 124 valence electrons. The lowest BCUT2D eigenvalue weighted by Crippen LogP contribution is -2.15. The van der Waals surface area contributed by atoms with Crippen molar-refractivity contribution < 1.29 is 9.13 Å². The average Bonchev–Trinajstić information content (AvgIpc) is 2.45. The van der Waals surface area contributed by atoms with Crippen LogP contribution in [0.15, 0.2) is 24.3 Å². The lowest BCUT2D eigenvalue weighted by atomic mass is 9.85. The number of methoxy groups -OCH3 is 1. The number of ether oxygens (including phenoxy) is 1. The van der Waals surface area contributed by atoms with Crippen LogP contribution in [0.4, 0.5) is 4.39 Å². The molecule has 0 N–H and O–H groups in total. The Kier molecular flexibility index (Phi) is 5.00. The van der Waals surface area contributed by atoms with Crippen molar-refractivity contribution in [2.75, 3.05) is 7.11 Å². The molecule has 0 atom stereocenters. The molecule has 4 heteroatoms. The maximum atomic E-state index is 14.3. The van der Waals surface area contributed by atoms with Gasteiger partial charge in [0.05, 0.1) is 12.8 Å². The second-order valence-corrected chi connectivity index (χ2v) is 7.40. The zero-order chi connectivity index (χ0) is 17.4. The summed E-state index contributed by atoms with van der Waals surface area (Å²) in [6, 6.07) is 6.99. The third-order valence-corrected chi connectivity index (χ3v) is 4.01. The van der Waals surface area contributed by atoms with Crippen molar-refractivity contribution in [1.29, 1.82) is 0 Å². The van der Waals surface area contributed by atoms with E-state index < -0.39 is 0 Å². The van der Waals surface area contributed by atoms with Crippen molar-refractivity contribution in [2.45, 2.75) is 46.0 Å². The highest BCUT2D eigenvalue weighted by Crippen LogP contribution is 2.39. The minimum absolute atomic E-state index is 0.0815. The number of aromatic nitrogens is 1. The molecule has 0 unspecified atom stereocenters. The number of hydrogen-bond acceptors (Lipinski definition) is 2. The highest BCUT2D eigenvalue weighted by molar-refractivity contribution is 6.29. The van der Waals surface area contributed by atoms with Crippen LogP contribution in [0.5, 0.6) is 5.75 Å². The molecule has 23 heavy (non-hydrogen) atoms. The Labute approximate surface area is 142 Å². The predicted molar refractivity (Wildman–Crippen MR) is 94.0 cm³/mol. The lowest BCUT2D eigenvalue weighted by Gasteiger charge is -2.23. The van der Waals surface area contributed by atoms with E-state index in [-0.39, 0.29) is 17.2 Å². The van der Waals surface area contributed by atoms with Gasteiger partial charge in [-0.2, -0.15) is 0 Å². The summed E-state index contributed by atoms with van der Waals surface area (Å²) in [4.78, 5) is 4.51. The summed E-state index contributed by atoms with van der Waals surface area (Å²) >= 11 is 6.09. The van der Waals surface area contributed by atoms with Gasteiger partial charge in [0.15, 0.2) is 0 Å². The van der Waals surface area contributed by atoms with E-state index in [1.165, 1.54) is 6.07 Å². The smallest absolute Gasteiger partial charge is 0.130 e. The molecular formula is C19H23ClFNO. The Bertz CT molecular complexity index is 720. The monoisotopic (exact) mass is 335 g/mol. The third kappa shape index (κ3) is 3.66. The van der Waals surface area contributed by atoms with E-state index in [2.05, 4.69) is 25.8 Å². The molecule has 0 aliphatic carbocycles. The summed E-state index contributed by atoms with van der Waals surface area (Å²) in [7, 11) is 1.55. The van der Waals surface area contributed by atoms with Gasteiger partial charge in [0.25, 0.3) is 0 Å². The molecule has 1 aromatic carbocycles. The molecule has 0 amide bonds. The summed E-state index contributed by atoms with van der Waals surface area (Å²) < 4.78 is 19.7. The second-order valence-electron chi connectivity index (χ2n) is 7.01. The zero-order valence-corrected chi connectivity index (χ0v) is 15.3. The van der Waals surface area contributed by atoms with Gasteiger partial charge in [0.2, 0.25) is 0 Å². The Morgan fingerprint density at radius 1 is 1.13 bits per heavy atom. The molecule has 0 aliphatic heterocycles. The Morgan fingerprint density at radius 2 is 1.78 bits per heavy atom. The Morgan fingerprint density at radius 3 is 2.30 bits per heavy atom. The molecule has 0 saturated carbocycles. The van der Waals surface area contributed by atoms with Crippen molar-refractivity contribution in [3.05, 3.63) is 46.5 Å². The van der Waals surface area contributed by atoms with Crippen LogP contribution >= 0.6 is 11.6 Å². The topological polar surface area (TPSA) is 22.1 Å². The number of hydrogen-bond donors (Lipinski definition) is 0. The molecule has 2 rings (SSSR count). The number of benzene rings is 1. The van der Waals surface area contributed by atoms with E-state index in [4.69, 9.17) is 16.3 Å². The molecular weight excluding hydrogens is 313 g/mol. The zero-order valence-electron chi connectivity index (χ0n) is 14.5. The third-order valence-electron chi connectivity index (χ3n) is 3.80. The molecule has 0 aliphatic rings. The standard InChI is InChI=1S/C19H23ClFNO/c1-11(2)13-9-14(16(23-6)10-15(13)21)12-7-8-17(20)22-18(12)19(3,4)5/h7-11H,1-6H3. The van der Waals surface area contributed by atoms with Crippen molar-refractivity contribution in [3.63, 3.8) is 0 Å². The number of pyridine rings is 1. The summed E-state index contributed by atoms with van der Waals surface area (Å²) in [6.07, 6.45) is 0. The van der Waals surface area contributed by atoms with Gasteiger partial charge in [-0.3, -0.25) is 0 Å². The van der Waals surface area contributed by atoms with Gasteiger partial charge >= 0.3 is 0 Å². The number of halogens is 2. The molecule has 0 spiro atoms. The quantitative estimate of drug-likeness (QED) is 0.644. The van der Waals surface area contributed by atoms with Crippen LogP contribution in [0, 0.1) is 5.82 Å². The maximum Gasteiger partial charge on any atom is 0.130 e. The van der Waals surface area contributed by atoms with Crippen LogP contribution in [0.1, 0.15) is 51.8 Å². The molecule has 2 nitrogen and oxygen atoms in total. The highest BCUT2D eigenvalue weighted by atomic mass is 35.5. The van der Waals surface area contributed by atoms with E-state index in [0.717, 1.165) is 16.8 Å². The van der Waals surface area contributed by atoms with Gasteiger partial charge in [-0.1, -0.05) is 46.2 Å². The maximum absolute atomic E-state index is 14.3. The first kappa shape index (κ1) is 17.7. The van der Waals surface area contributed by atoms with Crippen LogP contribution < -0.4 is 4.74 Å². The van der Waals surface area contributed by atoms with Crippen molar-refractivity contribution in [2.24, 2.45) is 0 Å². The normalized spacial score (nSPS) is 11.9. The minimum Gasteiger partial charge on any atom is -0.496 e. The average molecular weight is 336 g/mol. The molecule has 0 saturated heterocycles. The molecule has 1 heterocycles. The SMILES string of the molecule is COc1cc(F)c(C(C)C)cc1-c1ccc(Cl)nc1C(C)(C)C. The molecule has 2 aromatic rings. The second kappa shape index (κ2) is 6.48. The van der Waals surface area contributed by atoms with E-state index in [0.29, 0.717) is 16.5 Å². The van der Waals surface area contributed by atoms with Crippen molar-refractivity contribution in [1.82, 2.24) is 4.98 Å². The van der Waals surface area contributed by atoms with Gasteiger partial charge in [-0.15, -0.1) is 0 Å².